The third-order valence-corrected chi connectivity index (χ3v) is 6.77. The number of ether oxygens (including phenoxy) is 2. The maximum Gasteiger partial charge on any atom is 0.416 e. The molecule has 13 heteroatoms. The molecular weight excluding hydrogens is 477 g/mol. The Morgan fingerprint density at radius 2 is 1.91 bits per heavy atom. The van der Waals surface area contributed by atoms with Crippen LogP contribution in [0.2, 0.25) is 0 Å². The summed E-state index contributed by atoms with van der Waals surface area (Å²) in [6, 6.07) is 7.83. The van der Waals surface area contributed by atoms with Gasteiger partial charge in [0.1, 0.15) is 29.1 Å². The zero-order valence-electron chi connectivity index (χ0n) is 17.5. The van der Waals surface area contributed by atoms with Crippen molar-refractivity contribution >= 4 is 27.3 Å². The predicted molar refractivity (Wildman–Crippen MR) is 114 cm³/mol. The van der Waals surface area contributed by atoms with E-state index in [1.54, 1.807) is 0 Å². The number of anilines is 2. The SMILES string of the molecule is COc1ncncc1C(=O)Nc1ccc2c(c1)S(=O)(=O)N(c1ccc(C(F)(F)F)cc1)CCO2. The quantitative estimate of drug-likeness (QED) is 0.592. The fourth-order valence-electron chi connectivity index (χ4n) is 3.30. The van der Waals surface area contributed by atoms with Gasteiger partial charge in [0.25, 0.3) is 15.9 Å². The fraction of sp³-hybridized carbons (Fsp3) is 0.190. The van der Waals surface area contributed by atoms with Crippen molar-refractivity contribution in [1.82, 2.24) is 9.97 Å². The molecule has 4 rings (SSSR count). The van der Waals surface area contributed by atoms with Gasteiger partial charge in [-0.05, 0) is 42.5 Å². The number of alkyl halides is 3. The van der Waals surface area contributed by atoms with E-state index in [1.807, 2.05) is 0 Å². The Balaban J connectivity index is 1.66. The van der Waals surface area contributed by atoms with E-state index < -0.39 is 27.7 Å². The van der Waals surface area contributed by atoms with Crippen LogP contribution in [0.25, 0.3) is 0 Å². The molecule has 3 aromatic rings. The number of sulfonamides is 1. The summed E-state index contributed by atoms with van der Waals surface area (Å²) in [5.41, 5.74) is -0.683. The first-order valence-electron chi connectivity index (χ1n) is 9.73. The number of aromatic nitrogens is 2. The van der Waals surface area contributed by atoms with Gasteiger partial charge in [-0.3, -0.25) is 9.10 Å². The molecule has 0 unspecified atom stereocenters. The summed E-state index contributed by atoms with van der Waals surface area (Å²) in [5, 5.41) is 2.56. The molecule has 9 nitrogen and oxygen atoms in total. The topological polar surface area (TPSA) is 111 Å². The highest BCUT2D eigenvalue weighted by molar-refractivity contribution is 7.93. The number of benzene rings is 2. The summed E-state index contributed by atoms with van der Waals surface area (Å²) < 4.78 is 77.0. The molecule has 0 saturated carbocycles. The van der Waals surface area contributed by atoms with Gasteiger partial charge < -0.3 is 14.8 Å². The van der Waals surface area contributed by atoms with E-state index in [4.69, 9.17) is 9.47 Å². The van der Waals surface area contributed by atoms with Crippen LogP contribution in [0.4, 0.5) is 24.5 Å². The Labute approximate surface area is 192 Å². The Bertz CT molecular complexity index is 1330. The molecule has 1 aromatic heterocycles. The summed E-state index contributed by atoms with van der Waals surface area (Å²) in [4.78, 5) is 20.0. The zero-order chi connectivity index (χ0) is 24.5. The second-order valence-electron chi connectivity index (χ2n) is 7.03. The standard InChI is InChI=1S/C21H17F3N4O5S/c1-32-20-16(11-25-12-26-20)19(29)27-14-4-7-17-18(10-14)34(30,31)28(8-9-33-17)15-5-2-13(3-6-15)21(22,23)24/h2-7,10-12H,8-9H2,1H3,(H,27,29). The Hall–Kier alpha value is -3.87. The zero-order valence-corrected chi connectivity index (χ0v) is 18.4. The van der Waals surface area contributed by atoms with E-state index in [0.717, 1.165) is 28.6 Å². The van der Waals surface area contributed by atoms with Crippen LogP contribution in [0.15, 0.2) is 59.9 Å². The summed E-state index contributed by atoms with van der Waals surface area (Å²) in [6.07, 6.45) is -2.10. The molecule has 0 fully saturated rings. The van der Waals surface area contributed by atoms with Crippen molar-refractivity contribution in [2.24, 2.45) is 0 Å². The second-order valence-corrected chi connectivity index (χ2v) is 8.86. The van der Waals surface area contributed by atoms with E-state index in [1.165, 1.54) is 37.8 Å². The molecule has 1 N–H and O–H groups in total. The van der Waals surface area contributed by atoms with E-state index >= 15 is 0 Å². The highest BCUT2D eigenvalue weighted by atomic mass is 32.2. The average Bonchev–Trinajstić information content (AvgIpc) is 2.94. The lowest BCUT2D eigenvalue weighted by molar-refractivity contribution is -0.137. The number of rotatable bonds is 4. The smallest absolute Gasteiger partial charge is 0.416 e. The van der Waals surface area contributed by atoms with Crippen LogP contribution in [0.3, 0.4) is 0 Å². The lowest BCUT2D eigenvalue weighted by Crippen LogP contribution is -2.32. The molecule has 1 aliphatic rings. The number of amides is 1. The number of carbonyl (C=O) groups excluding carboxylic acids is 1. The van der Waals surface area contributed by atoms with Crippen molar-refractivity contribution in [3.63, 3.8) is 0 Å². The summed E-state index contributed by atoms with van der Waals surface area (Å²) >= 11 is 0. The number of hydrogen-bond donors (Lipinski definition) is 1. The molecule has 0 atom stereocenters. The van der Waals surface area contributed by atoms with Crippen LogP contribution in [0.1, 0.15) is 15.9 Å². The predicted octanol–water partition coefficient (Wildman–Crippen LogP) is 3.34. The highest BCUT2D eigenvalue weighted by Crippen LogP contribution is 2.36. The Morgan fingerprint density at radius 3 is 2.59 bits per heavy atom. The maximum atomic E-state index is 13.4. The Morgan fingerprint density at radius 1 is 1.18 bits per heavy atom. The van der Waals surface area contributed by atoms with Gasteiger partial charge in [-0.25, -0.2) is 18.4 Å². The Kier molecular flexibility index (Phi) is 6.04. The first-order valence-corrected chi connectivity index (χ1v) is 11.2. The molecule has 0 radical (unpaired) electrons. The molecule has 2 aromatic carbocycles. The number of methoxy groups -OCH3 is 1. The number of nitrogens with one attached hydrogen (secondary N) is 1. The molecule has 2 heterocycles. The molecule has 34 heavy (non-hydrogen) atoms. The maximum absolute atomic E-state index is 13.4. The van der Waals surface area contributed by atoms with Crippen molar-refractivity contribution < 1.29 is 35.9 Å². The first kappa shape index (κ1) is 23.3. The van der Waals surface area contributed by atoms with Gasteiger partial charge in [0.2, 0.25) is 5.88 Å². The van der Waals surface area contributed by atoms with Gasteiger partial charge in [-0.1, -0.05) is 0 Å². The van der Waals surface area contributed by atoms with Gasteiger partial charge in [-0.15, -0.1) is 0 Å². The van der Waals surface area contributed by atoms with E-state index in [2.05, 4.69) is 15.3 Å². The molecular formula is C21H17F3N4O5S. The summed E-state index contributed by atoms with van der Waals surface area (Å²) in [5.74, 6) is -0.552. The van der Waals surface area contributed by atoms with Gasteiger partial charge in [0, 0.05) is 11.9 Å². The molecule has 0 saturated heterocycles. The fourth-order valence-corrected chi connectivity index (χ4v) is 4.91. The number of halogens is 3. The van der Waals surface area contributed by atoms with Crippen LogP contribution >= 0.6 is 0 Å². The van der Waals surface area contributed by atoms with E-state index in [9.17, 15) is 26.4 Å². The van der Waals surface area contributed by atoms with Crippen molar-refractivity contribution in [2.45, 2.75) is 11.1 Å². The number of hydrogen-bond acceptors (Lipinski definition) is 7. The summed E-state index contributed by atoms with van der Waals surface area (Å²) in [7, 11) is -2.90. The second kappa shape index (κ2) is 8.82. The van der Waals surface area contributed by atoms with E-state index in [0.29, 0.717) is 0 Å². The number of carbonyl (C=O) groups is 1. The first-order chi connectivity index (χ1) is 16.1. The van der Waals surface area contributed by atoms with Crippen LogP contribution in [-0.4, -0.2) is 44.6 Å². The van der Waals surface area contributed by atoms with Crippen LogP contribution in [-0.2, 0) is 16.2 Å². The minimum absolute atomic E-state index is 0.0302. The minimum atomic E-state index is -4.55. The van der Waals surface area contributed by atoms with E-state index in [-0.39, 0.29) is 46.6 Å². The number of fused-ring (bicyclic) bond motifs is 1. The van der Waals surface area contributed by atoms with Gasteiger partial charge in [0.15, 0.2) is 0 Å². The third-order valence-electron chi connectivity index (χ3n) is 4.92. The number of nitrogens with zero attached hydrogens (tertiary/aromatic N) is 3. The van der Waals surface area contributed by atoms with Gasteiger partial charge in [-0.2, -0.15) is 13.2 Å². The lowest BCUT2D eigenvalue weighted by Gasteiger charge is -2.22. The third kappa shape index (κ3) is 4.46. The average molecular weight is 494 g/mol. The molecule has 178 valence electrons. The van der Waals surface area contributed by atoms with Crippen LogP contribution in [0.5, 0.6) is 11.6 Å². The molecule has 0 aliphatic carbocycles. The largest absolute Gasteiger partial charge is 0.490 e. The minimum Gasteiger partial charge on any atom is -0.490 e. The van der Waals surface area contributed by atoms with Crippen molar-refractivity contribution in [2.75, 3.05) is 29.9 Å². The van der Waals surface area contributed by atoms with Crippen molar-refractivity contribution in [1.29, 1.82) is 0 Å². The molecule has 0 spiro atoms. The highest BCUT2D eigenvalue weighted by Gasteiger charge is 2.34. The molecule has 1 amide bonds. The molecule has 0 bridgehead atoms. The lowest BCUT2D eigenvalue weighted by atomic mass is 10.2. The molecule has 1 aliphatic heterocycles. The van der Waals surface area contributed by atoms with Gasteiger partial charge in [0.05, 0.1) is 24.9 Å². The summed E-state index contributed by atoms with van der Waals surface area (Å²) in [6.45, 7) is -0.153. The monoisotopic (exact) mass is 494 g/mol. The van der Waals surface area contributed by atoms with Crippen LogP contribution < -0.4 is 19.1 Å². The normalized spacial score (nSPS) is 15.0. The van der Waals surface area contributed by atoms with Crippen molar-refractivity contribution in [3.05, 3.63) is 66.1 Å². The van der Waals surface area contributed by atoms with Crippen LogP contribution in [0, 0.1) is 0 Å². The van der Waals surface area contributed by atoms with Gasteiger partial charge >= 0.3 is 6.18 Å². The van der Waals surface area contributed by atoms with Crippen molar-refractivity contribution in [3.8, 4) is 11.6 Å².